The molecule has 6 aromatic rings. The highest BCUT2D eigenvalue weighted by Crippen LogP contribution is 2.36. The molecule has 6 aromatic heterocycles. The molecule has 15 atom stereocenters. The molecule has 3 aliphatic rings. The van der Waals surface area contributed by atoms with Gasteiger partial charge in [-0.1, -0.05) is 0 Å². The Kier molecular flexibility index (Phi) is 13.8. The zero-order chi connectivity index (χ0) is 48.0. The number of nitrogens with two attached hydrogens (primary N) is 3. The summed E-state index contributed by atoms with van der Waals surface area (Å²) in [6.45, 7) is 4.62. The molecule has 0 spiro atoms. The van der Waals surface area contributed by atoms with E-state index in [1.165, 1.54) is 54.0 Å². The van der Waals surface area contributed by atoms with Gasteiger partial charge in [-0.15, -0.1) is 0 Å². The number of hydrogen-bond acceptors (Lipinski definition) is 24. The van der Waals surface area contributed by atoms with Crippen LogP contribution < -0.4 is 33.9 Å². The monoisotopic (exact) mass is 933 g/mol. The Morgan fingerprint density at radius 3 is 0.970 bits per heavy atom. The second kappa shape index (κ2) is 19.1. The lowest BCUT2D eigenvalue weighted by atomic mass is 10.1. The van der Waals surface area contributed by atoms with Crippen molar-refractivity contribution >= 4 is 51.3 Å². The van der Waals surface area contributed by atoms with Gasteiger partial charge in [-0.3, -0.25) is 43.0 Å². The Bertz CT molecular complexity index is 2520. The fourth-order valence-electron chi connectivity index (χ4n) is 8.09. The minimum atomic E-state index is -1.07. The summed E-state index contributed by atoms with van der Waals surface area (Å²) in [6, 6.07) is 0. The quantitative estimate of drug-likeness (QED) is 0.0646. The molecule has 3 fully saturated rings. The van der Waals surface area contributed by atoms with Crippen LogP contribution in [0.1, 0.15) is 39.5 Å². The van der Waals surface area contributed by atoms with Crippen LogP contribution in [0.3, 0.4) is 0 Å². The summed E-state index contributed by atoms with van der Waals surface area (Å²) in [5.41, 5.74) is 16.0. The number of nitrogens with zero attached hydrogens (tertiary/aromatic N) is 9. The Balaban J connectivity index is 0.000000147. The summed E-state index contributed by atoms with van der Waals surface area (Å²) in [6.07, 6.45) is -8.77. The number of nitrogen functional groups attached to an aromatic ring is 3. The lowest BCUT2D eigenvalue weighted by Crippen LogP contribution is -2.38. The SMILES string of the molecule is COC1[C@H](O)[C@H](n2cnc3c(=O)[nH]c(N)nc32)O[C@@H]1[C@@H](C)O.COC1[C@H](O)[C@H](n2cnc3c(=O)[nH]c(N)nc32)O[C@@H]1[C@@H](C)O.COC1[C@H](O)[C@H](n2cnc3c(=O)[nH]c(N)nc32)O[C@@H]1[C@H](C)O. The van der Waals surface area contributed by atoms with Gasteiger partial charge in [-0.25, -0.2) is 15.0 Å². The molecule has 66 heavy (non-hydrogen) atoms. The van der Waals surface area contributed by atoms with E-state index < -0.39 is 109 Å². The van der Waals surface area contributed by atoms with E-state index in [2.05, 4.69) is 44.9 Å². The lowest BCUT2D eigenvalue weighted by molar-refractivity contribution is -0.0825. The van der Waals surface area contributed by atoms with Crippen molar-refractivity contribution in [2.24, 2.45) is 0 Å². The van der Waals surface area contributed by atoms with Crippen LogP contribution >= 0.6 is 0 Å². The third-order valence-corrected chi connectivity index (χ3v) is 11.2. The summed E-state index contributed by atoms with van der Waals surface area (Å²) in [5.74, 6) is -0.202. The minimum absolute atomic E-state index is 0.0675. The largest absolute Gasteiger partial charge is 0.391 e. The molecule has 3 saturated heterocycles. The van der Waals surface area contributed by atoms with E-state index in [0.29, 0.717) is 0 Å². The zero-order valence-electron chi connectivity index (χ0n) is 36.0. The summed E-state index contributed by atoms with van der Waals surface area (Å²) in [5, 5.41) is 60.4. The van der Waals surface area contributed by atoms with Crippen LogP contribution in [-0.4, -0.2) is 184 Å². The number of aromatic amines is 3. The number of nitrogens with one attached hydrogen (secondary N) is 3. The molecule has 3 aliphatic heterocycles. The van der Waals surface area contributed by atoms with Crippen molar-refractivity contribution in [3.8, 4) is 0 Å². The van der Waals surface area contributed by atoms with E-state index >= 15 is 0 Å². The first-order chi connectivity index (χ1) is 31.3. The van der Waals surface area contributed by atoms with E-state index in [1.807, 2.05) is 0 Å². The summed E-state index contributed by atoms with van der Waals surface area (Å²) in [4.78, 5) is 66.3. The maximum Gasteiger partial charge on any atom is 0.280 e. The first-order valence-electron chi connectivity index (χ1n) is 20.1. The Labute approximate surface area is 369 Å². The van der Waals surface area contributed by atoms with Crippen molar-refractivity contribution < 1.29 is 59.1 Å². The number of imidazole rings is 3. The molecule has 30 heteroatoms. The number of H-pyrrole nitrogens is 3. The first kappa shape index (κ1) is 47.9. The first-order valence-corrected chi connectivity index (χ1v) is 20.1. The van der Waals surface area contributed by atoms with Gasteiger partial charge in [-0.2, -0.15) is 15.0 Å². The second-order valence-electron chi connectivity index (χ2n) is 15.6. The fraction of sp³-hybridized carbons (Fsp3) is 0.583. The number of rotatable bonds is 9. The van der Waals surface area contributed by atoms with Gasteiger partial charge in [0.05, 0.1) is 37.3 Å². The highest BCUT2D eigenvalue weighted by Gasteiger charge is 2.50. The highest BCUT2D eigenvalue weighted by molar-refractivity contribution is 5.72. The van der Waals surface area contributed by atoms with Crippen LogP contribution in [0.4, 0.5) is 17.8 Å². The summed E-state index contributed by atoms with van der Waals surface area (Å²) < 4.78 is 36.8. The number of aliphatic hydroxyl groups excluding tert-OH is 6. The van der Waals surface area contributed by atoms with Gasteiger partial charge < -0.3 is 76.3 Å². The molecular formula is C36H51N15O15. The molecule has 0 aromatic carbocycles. The summed E-state index contributed by atoms with van der Waals surface area (Å²) in [7, 11) is 4.26. The molecule has 0 radical (unpaired) electrons. The minimum Gasteiger partial charge on any atom is -0.391 e. The predicted octanol–water partition coefficient (Wildman–Crippen LogP) is -4.93. The Hall–Kier alpha value is -6.03. The Morgan fingerprint density at radius 1 is 0.530 bits per heavy atom. The molecule has 360 valence electrons. The van der Waals surface area contributed by atoms with Crippen LogP contribution in [0.2, 0.25) is 0 Å². The Morgan fingerprint density at radius 2 is 0.773 bits per heavy atom. The van der Waals surface area contributed by atoms with Crippen molar-refractivity contribution in [3.05, 3.63) is 50.0 Å². The maximum atomic E-state index is 11.8. The van der Waals surface area contributed by atoms with Crippen molar-refractivity contribution in [1.82, 2.24) is 58.6 Å². The third kappa shape index (κ3) is 8.71. The number of fused-ring (bicyclic) bond motifs is 3. The van der Waals surface area contributed by atoms with E-state index in [4.69, 9.17) is 45.6 Å². The zero-order valence-corrected chi connectivity index (χ0v) is 36.0. The van der Waals surface area contributed by atoms with Crippen molar-refractivity contribution in [1.29, 1.82) is 0 Å². The van der Waals surface area contributed by atoms with Crippen LogP contribution in [0.25, 0.3) is 33.5 Å². The van der Waals surface area contributed by atoms with Crippen LogP contribution in [0.15, 0.2) is 33.4 Å². The van der Waals surface area contributed by atoms with Crippen molar-refractivity contribution in [2.45, 2.75) is 113 Å². The van der Waals surface area contributed by atoms with Gasteiger partial charge >= 0.3 is 0 Å². The average Bonchev–Trinajstić information content (AvgIpc) is 4.11. The van der Waals surface area contributed by atoms with Crippen LogP contribution in [0.5, 0.6) is 0 Å². The van der Waals surface area contributed by atoms with Crippen LogP contribution in [0, 0.1) is 0 Å². The molecule has 9 heterocycles. The molecule has 15 N–H and O–H groups in total. The van der Waals surface area contributed by atoms with Crippen LogP contribution in [-0.2, 0) is 28.4 Å². The van der Waals surface area contributed by atoms with E-state index in [9.17, 15) is 45.0 Å². The standard InChI is InChI=1S/3C12H17N5O5/c3*1-4(18)7-8(21-2)6(19)11(22-7)17-3-14-5-9(17)15-12(13)16-10(5)20/h3*3-4,6-8,11,18-19H,1-2H3,(H3,13,15,16,20)/t2*4-,6+,7-,8?,11-;4-,6-,7+,8?,11+/m110/s1. The number of hydrogen-bond donors (Lipinski definition) is 12. The lowest BCUT2D eigenvalue weighted by Gasteiger charge is -2.20. The molecule has 0 saturated carbocycles. The van der Waals surface area contributed by atoms with Crippen molar-refractivity contribution in [2.75, 3.05) is 38.5 Å². The third-order valence-electron chi connectivity index (χ3n) is 11.2. The number of anilines is 3. The fourth-order valence-corrected chi connectivity index (χ4v) is 8.09. The smallest absolute Gasteiger partial charge is 0.280 e. The molecule has 0 amide bonds. The van der Waals surface area contributed by atoms with Gasteiger partial charge in [-0.05, 0) is 20.8 Å². The molecule has 3 unspecified atom stereocenters. The van der Waals surface area contributed by atoms with E-state index in [-0.39, 0.29) is 51.3 Å². The molecule has 9 rings (SSSR count). The summed E-state index contributed by atoms with van der Waals surface area (Å²) >= 11 is 0. The molecule has 30 nitrogen and oxygen atoms in total. The van der Waals surface area contributed by atoms with Gasteiger partial charge in [0, 0.05) is 21.3 Å². The number of aromatic nitrogens is 12. The van der Waals surface area contributed by atoms with Crippen molar-refractivity contribution in [3.63, 3.8) is 0 Å². The maximum absolute atomic E-state index is 11.8. The average molecular weight is 934 g/mol. The second-order valence-corrected chi connectivity index (χ2v) is 15.6. The predicted molar refractivity (Wildman–Crippen MR) is 225 cm³/mol. The van der Waals surface area contributed by atoms with Gasteiger partial charge in [0.2, 0.25) is 17.8 Å². The highest BCUT2D eigenvalue weighted by atomic mass is 16.6. The number of methoxy groups -OCH3 is 3. The topological polar surface area (TPSA) is 446 Å². The molecule has 0 bridgehead atoms. The molecule has 0 aliphatic carbocycles. The van der Waals surface area contributed by atoms with E-state index in [1.54, 1.807) is 20.8 Å². The molecular weight excluding hydrogens is 882 g/mol. The van der Waals surface area contributed by atoms with Gasteiger partial charge in [0.1, 0.15) is 54.9 Å². The normalized spacial score (nSPS) is 30.0. The van der Waals surface area contributed by atoms with Gasteiger partial charge in [0.25, 0.3) is 16.7 Å². The van der Waals surface area contributed by atoms with E-state index in [0.717, 1.165) is 0 Å². The van der Waals surface area contributed by atoms with Gasteiger partial charge in [0.15, 0.2) is 52.2 Å². The number of ether oxygens (including phenoxy) is 6. The number of aliphatic hydroxyl groups is 6.